The molecule has 1 heterocycles. The van der Waals surface area contributed by atoms with Crippen molar-refractivity contribution >= 4 is 16.8 Å². The molecule has 1 amide bonds. The average Bonchev–Trinajstić information content (AvgIpc) is 2.34. The molecule has 0 aliphatic carbocycles. The molecule has 100 valence electrons. The summed E-state index contributed by atoms with van der Waals surface area (Å²) in [4.78, 5) is 24.5. The SMILES string of the molecule is O=C(NCc1ccc2ccc(=O)[nH]c2c1)C(O)(F)F. The number of H-pyrrole nitrogens is 1. The molecule has 0 radical (unpaired) electrons. The second-order valence-corrected chi connectivity index (χ2v) is 3.97. The molecule has 3 N–H and O–H groups in total. The van der Waals surface area contributed by atoms with E-state index in [1.165, 1.54) is 6.07 Å². The van der Waals surface area contributed by atoms with E-state index in [9.17, 15) is 18.4 Å². The van der Waals surface area contributed by atoms with Crippen molar-refractivity contribution in [1.29, 1.82) is 0 Å². The van der Waals surface area contributed by atoms with Gasteiger partial charge in [0.15, 0.2) is 0 Å². The van der Waals surface area contributed by atoms with E-state index in [1.807, 2.05) is 5.32 Å². The molecule has 7 heteroatoms. The number of aromatic amines is 1. The van der Waals surface area contributed by atoms with Crippen LogP contribution in [0.15, 0.2) is 35.1 Å². The molecule has 1 aromatic carbocycles. The van der Waals surface area contributed by atoms with Crippen molar-refractivity contribution < 1.29 is 18.7 Å². The van der Waals surface area contributed by atoms with E-state index in [-0.39, 0.29) is 12.1 Å². The van der Waals surface area contributed by atoms with E-state index < -0.39 is 12.0 Å². The van der Waals surface area contributed by atoms with Crippen LogP contribution in [0.5, 0.6) is 0 Å². The summed E-state index contributed by atoms with van der Waals surface area (Å²) in [6.07, 6.45) is -4.40. The van der Waals surface area contributed by atoms with Gasteiger partial charge in [0.25, 0.3) is 0 Å². The Bertz CT molecular complexity index is 676. The van der Waals surface area contributed by atoms with E-state index in [1.54, 1.807) is 24.3 Å². The fourth-order valence-corrected chi connectivity index (χ4v) is 1.60. The van der Waals surface area contributed by atoms with Crippen LogP contribution in [-0.2, 0) is 11.3 Å². The Kier molecular flexibility index (Phi) is 3.30. The molecule has 0 spiro atoms. The highest BCUT2D eigenvalue weighted by molar-refractivity contribution is 5.82. The molecule has 2 aromatic rings. The number of hydrogen-bond donors (Lipinski definition) is 3. The number of rotatable bonds is 3. The maximum Gasteiger partial charge on any atom is 0.434 e. The zero-order chi connectivity index (χ0) is 14.0. The average molecular weight is 268 g/mol. The zero-order valence-corrected chi connectivity index (χ0v) is 9.61. The Labute approximate surface area is 105 Å². The Morgan fingerprint density at radius 1 is 1.32 bits per heavy atom. The lowest BCUT2D eigenvalue weighted by molar-refractivity contribution is -0.205. The summed E-state index contributed by atoms with van der Waals surface area (Å²) >= 11 is 0. The number of carbonyl (C=O) groups excluding carboxylic acids is 1. The van der Waals surface area contributed by atoms with Crippen LogP contribution < -0.4 is 10.9 Å². The van der Waals surface area contributed by atoms with Crippen molar-refractivity contribution in [3.8, 4) is 0 Å². The first-order valence-electron chi connectivity index (χ1n) is 5.37. The molecular weight excluding hydrogens is 258 g/mol. The minimum atomic E-state index is -4.40. The molecular formula is C12H10F2N2O3. The smallest absolute Gasteiger partial charge is 0.344 e. The number of halogens is 2. The van der Waals surface area contributed by atoms with E-state index >= 15 is 0 Å². The number of hydrogen-bond acceptors (Lipinski definition) is 3. The number of nitrogens with one attached hydrogen (secondary N) is 2. The highest BCUT2D eigenvalue weighted by atomic mass is 19.3. The number of fused-ring (bicyclic) bond motifs is 1. The Morgan fingerprint density at radius 2 is 2.00 bits per heavy atom. The van der Waals surface area contributed by atoms with Gasteiger partial charge in [0.1, 0.15) is 0 Å². The number of aromatic nitrogens is 1. The van der Waals surface area contributed by atoms with E-state index in [2.05, 4.69) is 4.98 Å². The van der Waals surface area contributed by atoms with Crippen LogP contribution >= 0.6 is 0 Å². The fourth-order valence-electron chi connectivity index (χ4n) is 1.60. The minimum absolute atomic E-state index is 0.179. The van der Waals surface area contributed by atoms with Crippen LogP contribution in [0.1, 0.15) is 5.56 Å². The summed E-state index contributed by atoms with van der Waals surface area (Å²) < 4.78 is 24.4. The van der Waals surface area contributed by atoms with Gasteiger partial charge in [0.2, 0.25) is 5.56 Å². The fraction of sp³-hybridized carbons (Fsp3) is 0.167. The highest BCUT2D eigenvalue weighted by Gasteiger charge is 2.35. The first-order chi connectivity index (χ1) is 8.86. The normalized spacial score (nSPS) is 11.5. The van der Waals surface area contributed by atoms with Gasteiger partial charge in [-0.3, -0.25) is 9.59 Å². The lowest BCUT2D eigenvalue weighted by Gasteiger charge is -2.09. The van der Waals surface area contributed by atoms with E-state index in [4.69, 9.17) is 5.11 Å². The molecule has 0 unspecified atom stereocenters. The number of carbonyl (C=O) groups is 1. The third-order valence-corrected chi connectivity index (χ3v) is 2.52. The molecule has 0 aliphatic heterocycles. The summed E-state index contributed by atoms with van der Waals surface area (Å²) in [5, 5.41) is 10.8. The number of benzene rings is 1. The standard InChI is InChI=1S/C12H10F2N2O3/c13-12(14,19)11(18)15-6-7-1-2-8-3-4-10(17)16-9(8)5-7/h1-5,19H,6H2,(H,15,18)(H,16,17). The molecule has 1 aromatic heterocycles. The Morgan fingerprint density at radius 3 is 2.68 bits per heavy atom. The second-order valence-electron chi connectivity index (χ2n) is 3.97. The molecule has 2 rings (SSSR count). The van der Waals surface area contributed by atoms with Crippen molar-refractivity contribution in [2.45, 2.75) is 12.7 Å². The second kappa shape index (κ2) is 4.77. The van der Waals surface area contributed by atoms with Crippen molar-refractivity contribution in [2.24, 2.45) is 0 Å². The summed E-state index contributed by atoms with van der Waals surface area (Å²) in [6.45, 7) is -0.179. The van der Waals surface area contributed by atoms with Crippen LogP contribution in [0, 0.1) is 0 Å². The van der Waals surface area contributed by atoms with Crippen molar-refractivity contribution in [3.63, 3.8) is 0 Å². The van der Waals surface area contributed by atoms with Crippen LogP contribution in [0.25, 0.3) is 10.9 Å². The number of alkyl halides is 2. The summed E-state index contributed by atoms with van der Waals surface area (Å²) in [7, 11) is 0. The number of amides is 1. The van der Waals surface area contributed by atoms with Gasteiger partial charge >= 0.3 is 12.0 Å². The minimum Gasteiger partial charge on any atom is -0.344 e. The van der Waals surface area contributed by atoms with Gasteiger partial charge in [-0.1, -0.05) is 12.1 Å². The Hall–Kier alpha value is -2.28. The van der Waals surface area contributed by atoms with Crippen LogP contribution in [0.4, 0.5) is 8.78 Å². The molecule has 19 heavy (non-hydrogen) atoms. The zero-order valence-electron chi connectivity index (χ0n) is 9.61. The molecule has 0 atom stereocenters. The maximum absolute atomic E-state index is 12.2. The lowest BCUT2D eigenvalue weighted by Crippen LogP contribution is -2.39. The largest absolute Gasteiger partial charge is 0.434 e. The van der Waals surface area contributed by atoms with Crippen molar-refractivity contribution in [1.82, 2.24) is 10.3 Å². The quantitative estimate of drug-likeness (QED) is 0.767. The highest BCUT2D eigenvalue weighted by Crippen LogP contribution is 2.13. The van der Waals surface area contributed by atoms with Gasteiger partial charge in [-0.05, 0) is 23.1 Å². The van der Waals surface area contributed by atoms with Crippen LogP contribution in [-0.4, -0.2) is 22.1 Å². The first kappa shape index (κ1) is 13.2. The predicted molar refractivity (Wildman–Crippen MR) is 63.6 cm³/mol. The molecule has 0 fully saturated rings. The molecule has 0 bridgehead atoms. The molecule has 0 aliphatic rings. The lowest BCUT2D eigenvalue weighted by atomic mass is 10.1. The third-order valence-electron chi connectivity index (χ3n) is 2.52. The first-order valence-corrected chi connectivity index (χ1v) is 5.37. The molecule has 5 nitrogen and oxygen atoms in total. The van der Waals surface area contributed by atoms with Gasteiger partial charge in [-0.2, -0.15) is 8.78 Å². The van der Waals surface area contributed by atoms with E-state index in [0.29, 0.717) is 11.1 Å². The Balaban J connectivity index is 2.18. The summed E-state index contributed by atoms with van der Waals surface area (Å²) in [6, 6.07) is 7.86. The predicted octanol–water partition coefficient (Wildman–Crippen LogP) is 0.729. The molecule has 0 saturated carbocycles. The number of aliphatic hydroxyl groups is 1. The molecule has 0 saturated heterocycles. The van der Waals surface area contributed by atoms with Gasteiger partial charge in [-0.15, -0.1) is 0 Å². The van der Waals surface area contributed by atoms with Crippen LogP contribution in [0.3, 0.4) is 0 Å². The monoisotopic (exact) mass is 268 g/mol. The van der Waals surface area contributed by atoms with Crippen molar-refractivity contribution in [3.05, 3.63) is 46.2 Å². The summed E-state index contributed by atoms with van der Waals surface area (Å²) in [5.74, 6) is -1.77. The van der Waals surface area contributed by atoms with Gasteiger partial charge in [0.05, 0.1) is 0 Å². The van der Waals surface area contributed by atoms with Crippen molar-refractivity contribution in [2.75, 3.05) is 0 Å². The van der Waals surface area contributed by atoms with Crippen LogP contribution in [0.2, 0.25) is 0 Å². The van der Waals surface area contributed by atoms with Gasteiger partial charge in [0, 0.05) is 18.1 Å². The topological polar surface area (TPSA) is 82.2 Å². The maximum atomic E-state index is 12.2. The van der Waals surface area contributed by atoms with Gasteiger partial charge < -0.3 is 15.4 Å². The third kappa shape index (κ3) is 3.14. The van der Waals surface area contributed by atoms with E-state index in [0.717, 1.165) is 5.39 Å². The number of pyridine rings is 1. The summed E-state index contributed by atoms with van der Waals surface area (Å²) in [5.41, 5.74) is 0.775. The van der Waals surface area contributed by atoms with Gasteiger partial charge in [-0.25, -0.2) is 0 Å².